The van der Waals surface area contributed by atoms with E-state index in [0.717, 1.165) is 18.4 Å². The fourth-order valence-corrected chi connectivity index (χ4v) is 2.38. The van der Waals surface area contributed by atoms with E-state index in [1.807, 2.05) is 0 Å². The van der Waals surface area contributed by atoms with Gasteiger partial charge in [-0.2, -0.15) is 0 Å². The maximum absolute atomic E-state index is 3.64. The molecule has 0 bridgehead atoms. The van der Waals surface area contributed by atoms with Gasteiger partial charge in [0, 0.05) is 25.7 Å². The molecule has 1 saturated heterocycles. The standard InChI is InChI=1S/C14H30N2/c1-12(2)5-6-14(4)15-8-10-16-9-7-13(3)11-16/h12-15H,5-11H2,1-4H3. The van der Waals surface area contributed by atoms with Crippen molar-refractivity contribution in [3.63, 3.8) is 0 Å². The number of likely N-dealkylation sites (tertiary alicyclic amines) is 1. The molecule has 96 valence electrons. The molecule has 1 rings (SSSR count). The normalized spacial score (nSPS) is 24.2. The Kier molecular flexibility index (Phi) is 6.37. The van der Waals surface area contributed by atoms with Crippen LogP contribution >= 0.6 is 0 Å². The van der Waals surface area contributed by atoms with Crippen molar-refractivity contribution in [3.05, 3.63) is 0 Å². The molecule has 2 nitrogen and oxygen atoms in total. The van der Waals surface area contributed by atoms with Crippen molar-refractivity contribution in [1.29, 1.82) is 0 Å². The van der Waals surface area contributed by atoms with E-state index in [9.17, 15) is 0 Å². The summed E-state index contributed by atoms with van der Waals surface area (Å²) in [5.74, 6) is 1.75. The fourth-order valence-electron chi connectivity index (χ4n) is 2.38. The van der Waals surface area contributed by atoms with E-state index in [4.69, 9.17) is 0 Å². The van der Waals surface area contributed by atoms with Crippen LogP contribution in [0.5, 0.6) is 0 Å². The average Bonchev–Trinajstić information content (AvgIpc) is 2.61. The van der Waals surface area contributed by atoms with Gasteiger partial charge in [-0.3, -0.25) is 0 Å². The van der Waals surface area contributed by atoms with Crippen LogP contribution in [0.25, 0.3) is 0 Å². The average molecular weight is 226 g/mol. The van der Waals surface area contributed by atoms with Crippen LogP contribution in [0.1, 0.15) is 47.0 Å². The predicted molar refractivity (Wildman–Crippen MR) is 71.8 cm³/mol. The second-order valence-corrected chi connectivity index (χ2v) is 6.02. The van der Waals surface area contributed by atoms with Crippen molar-refractivity contribution in [3.8, 4) is 0 Å². The molecule has 1 aliphatic heterocycles. The summed E-state index contributed by atoms with van der Waals surface area (Å²) in [6.45, 7) is 14.3. The first-order valence-electron chi connectivity index (χ1n) is 7.03. The highest BCUT2D eigenvalue weighted by Crippen LogP contribution is 2.13. The predicted octanol–water partition coefficient (Wildman–Crippen LogP) is 2.74. The van der Waals surface area contributed by atoms with Gasteiger partial charge in [0.25, 0.3) is 0 Å². The molecule has 1 N–H and O–H groups in total. The Morgan fingerprint density at radius 3 is 2.56 bits per heavy atom. The maximum atomic E-state index is 3.64. The SMILES string of the molecule is CC(C)CCC(C)NCCN1CCC(C)C1. The van der Waals surface area contributed by atoms with Crippen molar-refractivity contribution in [2.24, 2.45) is 11.8 Å². The van der Waals surface area contributed by atoms with Crippen LogP contribution in [0.2, 0.25) is 0 Å². The van der Waals surface area contributed by atoms with Gasteiger partial charge in [0.1, 0.15) is 0 Å². The lowest BCUT2D eigenvalue weighted by Gasteiger charge is -2.19. The molecule has 2 heteroatoms. The van der Waals surface area contributed by atoms with E-state index < -0.39 is 0 Å². The highest BCUT2D eigenvalue weighted by atomic mass is 15.2. The molecule has 0 aromatic heterocycles. The summed E-state index contributed by atoms with van der Waals surface area (Å²) in [5, 5.41) is 3.64. The van der Waals surface area contributed by atoms with Crippen LogP contribution in [0, 0.1) is 11.8 Å². The smallest absolute Gasteiger partial charge is 0.0107 e. The summed E-state index contributed by atoms with van der Waals surface area (Å²) in [6.07, 6.45) is 4.05. The van der Waals surface area contributed by atoms with Gasteiger partial charge >= 0.3 is 0 Å². The van der Waals surface area contributed by atoms with E-state index in [-0.39, 0.29) is 0 Å². The van der Waals surface area contributed by atoms with Gasteiger partial charge in [-0.25, -0.2) is 0 Å². The molecule has 1 aliphatic rings. The largest absolute Gasteiger partial charge is 0.313 e. The van der Waals surface area contributed by atoms with Crippen LogP contribution in [0.3, 0.4) is 0 Å². The highest BCUT2D eigenvalue weighted by Gasteiger charge is 2.17. The second-order valence-electron chi connectivity index (χ2n) is 6.02. The lowest BCUT2D eigenvalue weighted by atomic mass is 10.0. The lowest BCUT2D eigenvalue weighted by molar-refractivity contribution is 0.315. The minimum absolute atomic E-state index is 0.683. The Morgan fingerprint density at radius 1 is 1.25 bits per heavy atom. The second kappa shape index (κ2) is 7.29. The quantitative estimate of drug-likeness (QED) is 0.718. The number of hydrogen-bond donors (Lipinski definition) is 1. The summed E-state index contributed by atoms with van der Waals surface area (Å²) in [4.78, 5) is 2.59. The third-order valence-electron chi connectivity index (χ3n) is 3.61. The molecule has 0 aromatic carbocycles. The molecule has 0 aromatic rings. The van der Waals surface area contributed by atoms with Crippen LogP contribution in [0.15, 0.2) is 0 Å². The molecule has 0 saturated carbocycles. The van der Waals surface area contributed by atoms with Crippen molar-refractivity contribution < 1.29 is 0 Å². The zero-order chi connectivity index (χ0) is 12.0. The lowest BCUT2D eigenvalue weighted by Crippen LogP contribution is -2.35. The van der Waals surface area contributed by atoms with E-state index in [0.29, 0.717) is 6.04 Å². The molecule has 0 radical (unpaired) electrons. The third-order valence-corrected chi connectivity index (χ3v) is 3.61. The van der Waals surface area contributed by atoms with Crippen LogP contribution in [-0.2, 0) is 0 Å². The Hall–Kier alpha value is -0.0800. The zero-order valence-electron chi connectivity index (χ0n) is 11.6. The number of nitrogens with zero attached hydrogens (tertiary/aromatic N) is 1. The van der Waals surface area contributed by atoms with E-state index >= 15 is 0 Å². The number of nitrogens with one attached hydrogen (secondary N) is 1. The topological polar surface area (TPSA) is 15.3 Å². The summed E-state index contributed by atoms with van der Waals surface area (Å²) in [5.41, 5.74) is 0. The van der Waals surface area contributed by atoms with E-state index in [1.54, 1.807) is 0 Å². The zero-order valence-corrected chi connectivity index (χ0v) is 11.6. The molecule has 2 atom stereocenters. The van der Waals surface area contributed by atoms with Crippen molar-refractivity contribution >= 4 is 0 Å². The maximum Gasteiger partial charge on any atom is 0.0107 e. The van der Waals surface area contributed by atoms with Crippen LogP contribution < -0.4 is 5.32 Å². The number of rotatable bonds is 7. The summed E-state index contributed by atoms with van der Waals surface area (Å²) in [7, 11) is 0. The first kappa shape index (κ1) is 14.0. The Labute approximate surface area is 102 Å². The van der Waals surface area contributed by atoms with Gasteiger partial charge in [-0.1, -0.05) is 20.8 Å². The van der Waals surface area contributed by atoms with Gasteiger partial charge in [-0.05, 0) is 44.6 Å². The van der Waals surface area contributed by atoms with Gasteiger partial charge in [0.15, 0.2) is 0 Å². The van der Waals surface area contributed by atoms with Crippen molar-refractivity contribution in [2.75, 3.05) is 26.2 Å². The van der Waals surface area contributed by atoms with Gasteiger partial charge in [0.05, 0.1) is 0 Å². The first-order valence-corrected chi connectivity index (χ1v) is 7.03. The molecule has 16 heavy (non-hydrogen) atoms. The number of hydrogen-bond acceptors (Lipinski definition) is 2. The van der Waals surface area contributed by atoms with Crippen LogP contribution in [-0.4, -0.2) is 37.1 Å². The van der Waals surface area contributed by atoms with E-state index in [2.05, 4.69) is 37.9 Å². The first-order chi connectivity index (χ1) is 7.58. The molecule has 1 heterocycles. The Balaban J connectivity index is 1.97. The monoisotopic (exact) mass is 226 g/mol. The van der Waals surface area contributed by atoms with E-state index in [1.165, 1.54) is 38.9 Å². The Bertz CT molecular complexity index is 180. The molecule has 2 unspecified atom stereocenters. The molecular formula is C14H30N2. The minimum Gasteiger partial charge on any atom is -0.313 e. The minimum atomic E-state index is 0.683. The summed E-state index contributed by atoms with van der Waals surface area (Å²) in [6, 6.07) is 0.683. The van der Waals surface area contributed by atoms with Gasteiger partial charge < -0.3 is 10.2 Å². The summed E-state index contributed by atoms with van der Waals surface area (Å²) >= 11 is 0. The highest BCUT2D eigenvalue weighted by molar-refractivity contribution is 4.73. The van der Waals surface area contributed by atoms with Crippen molar-refractivity contribution in [1.82, 2.24) is 10.2 Å². The fraction of sp³-hybridized carbons (Fsp3) is 1.00. The molecule has 0 aliphatic carbocycles. The molecular weight excluding hydrogens is 196 g/mol. The Morgan fingerprint density at radius 2 is 2.00 bits per heavy atom. The van der Waals surface area contributed by atoms with Crippen molar-refractivity contribution in [2.45, 2.75) is 53.0 Å². The molecule has 0 spiro atoms. The third kappa shape index (κ3) is 5.86. The molecule has 1 fully saturated rings. The van der Waals surface area contributed by atoms with Gasteiger partial charge in [-0.15, -0.1) is 0 Å². The summed E-state index contributed by atoms with van der Waals surface area (Å²) < 4.78 is 0. The molecule has 0 amide bonds. The van der Waals surface area contributed by atoms with Gasteiger partial charge in [0.2, 0.25) is 0 Å². The van der Waals surface area contributed by atoms with Crippen LogP contribution in [0.4, 0.5) is 0 Å².